The van der Waals surface area contributed by atoms with Crippen molar-refractivity contribution in [3.05, 3.63) is 81.3 Å². The Morgan fingerprint density at radius 2 is 1.86 bits per heavy atom. The first-order valence-corrected chi connectivity index (χ1v) is 10.4. The predicted octanol–water partition coefficient (Wildman–Crippen LogP) is 2.17. The van der Waals surface area contributed by atoms with Crippen LogP contribution in [0.3, 0.4) is 0 Å². The number of hydrogen-bond donors (Lipinski definition) is 4. The minimum Gasteiger partial charge on any atom is -0.481 e. The summed E-state index contributed by atoms with van der Waals surface area (Å²) in [5.41, 5.74) is 6.41. The van der Waals surface area contributed by atoms with Crippen LogP contribution in [0.25, 0.3) is 16.7 Å². The number of carboxylic acids is 2. The molecule has 178 valence electrons. The predicted molar refractivity (Wildman–Crippen MR) is 125 cm³/mol. The van der Waals surface area contributed by atoms with Crippen LogP contribution in [0.4, 0.5) is 10.5 Å². The van der Waals surface area contributed by atoms with Gasteiger partial charge in [0.15, 0.2) is 0 Å². The highest BCUT2D eigenvalue weighted by molar-refractivity contribution is 6.33. The topological polar surface area (TPSA) is 184 Å². The maximum atomic E-state index is 12.1. The van der Waals surface area contributed by atoms with Crippen LogP contribution in [0.5, 0.6) is 0 Å². The third kappa shape index (κ3) is 4.96. The summed E-state index contributed by atoms with van der Waals surface area (Å²) in [7, 11) is 0. The SMILES string of the molecule is NC(=O)N(Cc1cn(-c2cc3nc(C(=O)O)c(=O)[nH]c3cc2Cl)cn1)c1ccc(CC(=O)O)cc1. The number of rotatable bonds is 7. The first-order valence-electron chi connectivity index (χ1n) is 10.00. The van der Waals surface area contributed by atoms with Gasteiger partial charge in [0.2, 0.25) is 5.69 Å². The second-order valence-electron chi connectivity index (χ2n) is 7.47. The highest BCUT2D eigenvalue weighted by Crippen LogP contribution is 2.26. The fourth-order valence-electron chi connectivity index (χ4n) is 3.44. The number of urea groups is 1. The van der Waals surface area contributed by atoms with Gasteiger partial charge in [0.1, 0.15) is 0 Å². The number of nitrogens with two attached hydrogens (primary N) is 1. The molecule has 0 atom stereocenters. The Morgan fingerprint density at radius 3 is 2.49 bits per heavy atom. The van der Waals surface area contributed by atoms with E-state index in [2.05, 4.69) is 15.0 Å². The zero-order valence-corrected chi connectivity index (χ0v) is 18.6. The normalized spacial score (nSPS) is 10.9. The molecule has 2 aromatic heterocycles. The molecule has 4 aromatic rings. The minimum atomic E-state index is -1.46. The van der Waals surface area contributed by atoms with Gasteiger partial charge in [-0.05, 0) is 29.8 Å². The molecule has 0 saturated carbocycles. The second kappa shape index (κ2) is 9.27. The lowest BCUT2D eigenvalue weighted by Gasteiger charge is -2.19. The number of aromatic amines is 1. The Labute approximate surface area is 201 Å². The van der Waals surface area contributed by atoms with Crippen molar-refractivity contribution in [3.63, 3.8) is 0 Å². The number of anilines is 1. The molecule has 0 radical (unpaired) electrons. The summed E-state index contributed by atoms with van der Waals surface area (Å²) >= 11 is 6.36. The molecule has 35 heavy (non-hydrogen) atoms. The number of benzene rings is 2. The van der Waals surface area contributed by atoms with Crippen LogP contribution < -0.4 is 16.2 Å². The van der Waals surface area contributed by atoms with Crippen LogP contribution in [-0.2, 0) is 17.8 Å². The van der Waals surface area contributed by atoms with Gasteiger partial charge in [-0.25, -0.2) is 19.6 Å². The van der Waals surface area contributed by atoms with Gasteiger partial charge in [-0.3, -0.25) is 14.5 Å². The Bertz CT molecular complexity index is 1530. The van der Waals surface area contributed by atoms with Crippen molar-refractivity contribution >= 4 is 46.3 Å². The smallest absolute Gasteiger partial charge is 0.360 e. The monoisotopic (exact) mass is 496 g/mol. The molecule has 13 heteroatoms. The highest BCUT2D eigenvalue weighted by Gasteiger charge is 2.17. The number of halogens is 1. The van der Waals surface area contributed by atoms with Gasteiger partial charge in [-0.15, -0.1) is 0 Å². The van der Waals surface area contributed by atoms with Crippen LogP contribution >= 0.6 is 11.6 Å². The minimum absolute atomic E-state index is 0.0144. The van der Waals surface area contributed by atoms with Gasteiger partial charge in [0.05, 0.1) is 46.7 Å². The Hall–Kier alpha value is -4.71. The van der Waals surface area contributed by atoms with Crippen LogP contribution in [0, 0.1) is 0 Å². The van der Waals surface area contributed by atoms with Crippen LogP contribution in [-0.4, -0.2) is 47.7 Å². The van der Waals surface area contributed by atoms with Crippen molar-refractivity contribution in [2.24, 2.45) is 5.73 Å². The highest BCUT2D eigenvalue weighted by atomic mass is 35.5. The zero-order valence-electron chi connectivity index (χ0n) is 17.8. The standard InChI is InChI=1S/C22H17ClN6O6/c23-14-6-15-16(26-19(21(33)34)20(32)27-15)7-17(14)28-8-12(25-10-28)9-29(22(24)35)13-3-1-11(2-4-13)5-18(30)31/h1-4,6-8,10H,5,9H2,(H2,24,35)(H,27,32)(H,30,31)(H,33,34). The molecule has 0 bridgehead atoms. The van der Waals surface area contributed by atoms with E-state index in [0.717, 1.165) is 0 Å². The number of imidazole rings is 1. The molecular formula is C22H17ClN6O6. The number of aromatic nitrogens is 4. The van der Waals surface area contributed by atoms with Gasteiger partial charge in [0, 0.05) is 11.9 Å². The number of aliphatic carboxylic acids is 1. The molecule has 2 amide bonds. The number of amides is 2. The van der Waals surface area contributed by atoms with E-state index in [1.807, 2.05) is 0 Å². The number of carboxylic acid groups (broad SMARTS) is 2. The van der Waals surface area contributed by atoms with Gasteiger partial charge in [-0.2, -0.15) is 0 Å². The molecule has 0 aliphatic rings. The van der Waals surface area contributed by atoms with E-state index in [9.17, 15) is 19.2 Å². The summed E-state index contributed by atoms with van der Waals surface area (Å²) in [5, 5.41) is 18.3. The van der Waals surface area contributed by atoms with Crippen molar-refractivity contribution in [1.82, 2.24) is 19.5 Å². The van der Waals surface area contributed by atoms with E-state index in [0.29, 0.717) is 22.6 Å². The quantitative estimate of drug-likeness (QED) is 0.300. The molecule has 0 spiro atoms. The van der Waals surface area contributed by atoms with Gasteiger partial charge >= 0.3 is 18.0 Å². The lowest BCUT2D eigenvalue weighted by Crippen LogP contribution is -2.35. The summed E-state index contributed by atoms with van der Waals surface area (Å²) in [6, 6.07) is 8.58. The molecular weight excluding hydrogens is 480 g/mol. The first kappa shape index (κ1) is 23.4. The van der Waals surface area contributed by atoms with Gasteiger partial charge in [0.25, 0.3) is 5.56 Å². The molecule has 4 rings (SSSR count). The summed E-state index contributed by atoms with van der Waals surface area (Å²) < 4.78 is 1.56. The number of nitrogens with one attached hydrogen (secondary N) is 1. The largest absolute Gasteiger partial charge is 0.481 e. The van der Waals surface area contributed by atoms with E-state index in [1.165, 1.54) is 23.4 Å². The number of aromatic carboxylic acids is 1. The van der Waals surface area contributed by atoms with Crippen molar-refractivity contribution in [1.29, 1.82) is 0 Å². The van der Waals surface area contributed by atoms with E-state index < -0.39 is 29.2 Å². The third-order valence-corrected chi connectivity index (χ3v) is 5.37. The number of fused-ring (bicyclic) bond motifs is 1. The number of hydrogen-bond acceptors (Lipinski definition) is 6. The van der Waals surface area contributed by atoms with Gasteiger partial charge < -0.3 is 25.5 Å². The molecule has 0 fully saturated rings. The molecule has 0 aliphatic heterocycles. The van der Waals surface area contributed by atoms with Crippen molar-refractivity contribution in [2.75, 3.05) is 4.90 Å². The molecule has 0 aliphatic carbocycles. The summed E-state index contributed by atoms with van der Waals surface area (Å²) in [5.74, 6) is -2.43. The lowest BCUT2D eigenvalue weighted by atomic mass is 10.1. The van der Waals surface area contributed by atoms with Crippen molar-refractivity contribution in [3.8, 4) is 5.69 Å². The maximum absolute atomic E-state index is 12.1. The maximum Gasteiger partial charge on any atom is 0.360 e. The summed E-state index contributed by atoms with van der Waals surface area (Å²) in [4.78, 5) is 57.9. The van der Waals surface area contributed by atoms with Crippen molar-refractivity contribution in [2.45, 2.75) is 13.0 Å². The number of carbonyl (C=O) groups is 3. The lowest BCUT2D eigenvalue weighted by molar-refractivity contribution is -0.136. The number of H-pyrrole nitrogens is 1. The molecule has 2 heterocycles. The van der Waals surface area contributed by atoms with Crippen LogP contribution in [0.2, 0.25) is 5.02 Å². The van der Waals surface area contributed by atoms with Crippen LogP contribution in [0.1, 0.15) is 21.7 Å². The van der Waals surface area contributed by atoms with Gasteiger partial charge in [-0.1, -0.05) is 23.7 Å². The van der Waals surface area contributed by atoms with E-state index in [4.69, 9.17) is 27.5 Å². The first-order chi connectivity index (χ1) is 16.6. The molecule has 0 saturated heterocycles. The molecule has 5 N–H and O–H groups in total. The Kier molecular flexibility index (Phi) is 6.21. The van der Waals surface area contributed by atoms with E-state index in [1.54, 1.807) is 35.0 Å². The Morgan fingerprint density at radius 1 is 1.14 bits per heavy atom. The second-order valence-corrected chi connectivity index (χ2v) is 7.88. The third-order valence-electron chi connectivity index (χ3n) is 5.07. The molecule has 0 unspecified atom stereocenters. The van der Waals surface area contributed by atoms with Crippen molar-refractivity contribution < 1.29 is 24.6 Å². The fourth-order valence-corrected chi connectivity index (χ4v) is 3.70. The Balaban J connectivity index is 1.63. The molecule has 2 aromatic carbocycles. The van der Waals surface area contributed by atoms with E-state index >= 15 is 0 Å². The number of nitrogens with zero attached hydrogens (tertiary/aromatic N) is 4. The average molecular weight is 497 g/mol. The molecule has 12 nitrogen and oxygen atoms in total. The van der Waals surface area contributed by atoms with Crippen LogP contribution in [0.15, 0.2) is 53.7 Å². The summed E-state index contributed by atoms with van der Waals surface area (Å²) in [6.07, 6.45) is 2.90. The zero-order chi connectivity index (χ0) is 25.3. The fraction of sp³-hybridized carbons (Fsp3) is 0.0909. The van der Waals surface area contributed by atoms with E-state index in [-0.39, 0.29) is 29.0 Å². The average Bonchev–Trinajstić information content (AvgIpc) is 3.25. The summed E-state index contributed by atoms with van der Waals surface area (Å²) in [6.45, 7) is 0.0144. The number of primary amides is 1. The number of carbonyl (C=O) groups excluding carboxylic acids is 1.